The van der Waals surface area contributed by atoms with Crippen LogP contribution >= 0.6 is 0 Å². The molecule has 29 heavy (non-hydrogen) atoms. The number of carbonyl (C=O) groups is 1. The van der Waals surface area contributed by atoms with E-state index in [4.69, 9.17) is 14.2 Å². The smallest absolute Gasteiger partial charge is 0.266 e. The number of nitrogens with one attached hydrogen (secondary N) is 2. The van der Waals surface area contributed by atoms with Crippen LogP contribution in [0.5, 0.6) is 17.2 Å². The number of ether oxygens (including phenoxy) is 3. The summed E-state index contributed by atoms with van der Waals surface area (Å²) < 4.78 is 40.9. The highest BCUT2D eigenvalue weighted by molar-refractivity contribution is 7.89. The van der Waals surface area contributed by atoms with Crippen molar-refractivity contribution >= 4 is 15.9 Å². The van der Waals surface area contributed by atoms with Gasteiger partial charge in [0.1, 0.15) is 0 Å². The van der Waals surface area contributed by atoms with Gasteiger partial charge < -0.3 is 14.2 Å². The summed E-state index contributed by atoms with van der Waals surface area (Å²) in [6.07, 6.45) is 3.97. The van der Waals surface area contributed by atoms with E-state index in [1.54, 1.807) is 12.1 Å². The zero-order valence-corrected chi connectivity index (χ0v) is 17.4. The number of hydrogen-bond donors (Lipinski definition) is 2. The third-order valence-electron chi connectivity index (χ3n) is 4.86. The normalized spacial score (nSPS) is 13.3. The van der Waals surface area contributed by atoms with Crippen molar-refractivity contribution < 1.29 is 27.4 Å². The molecule has 0 saturated heterocycles. The molecule has 1 aliphatic carbocycles. The number of amides is 1. The second-order valence-corrected chi connectivity index (χ2v) is 8.29. The van der Waals surface area contributed by atoms with Gasteiger partial charge in [0, 0.05) is 5.56 Å². The van der Waals surface area contributed by atoms with Crippen LogP contribution < -0.4 is 24.5 Å². The van der Waals surface area contributed by atoms with Gasteiger partial charge >= 0.3 is 0 Å². The van der Waals surface area contributed by atoms with Crippen LogP contribution in [0.25, 0.3) is 0 Å². The molecule has 0 aromatic heterocycles. The Labute approximate surface area is 170 Å². The van der Waals surface area contributed by atoms with Crippen molar-refractivity contribution in [2.45, 2.75) is 30.6 Å². The highest BCUT2D eigenvalue weighted by Gasteiger charge is 2.21. The fourth-order valence-electron chi connectivity index (χ4n) is 3.33. The minimum Gasteiger partial charge on any atom is -0.493 e. The average Bonchev–Trinajstić information content (AvgIpc) is 2.75. The van der Waals surface area contributed by atoms with Gasteiger partial charge in [0.05, 0.1) is 26.2 Å². The Kier molecular flexibility index (Phi) is 6.29. The maximum atomic E-state index is 12.6. The summed E-state index contributed by atoms with van der Waals surface area (Å²) in [6, 6.07) is 7.93. The Balaban J connectivity index is 1.78. The molecule has 0 saturated carbocycles. The fraction of sp³-hybridized carbons (Fsp3) is 0.350. The number of aryl methyl sites for hydroxylation is 2. The Hall–Kier alpha value is -2.78. The highest BCUT2D eigenvalue weighted by Crippen LogP contribution is 2.38. The van der Waals surface area contributed by atoms with E-state index in [2.05, 4.69) is 10.3 Å². The third kappa shape index (κ3) is 4.46. The maximum absolute atomic E-state index is 12.6. The lowest BCUT2D eigenvalue weighted by atomic mass is 9.92. The van der Waals surface area contributed by atoms with E-state index >= 15 is 0 Å². The molecule has 2 aromatic carbocycles. The van der Waals surface area contributed by atoms with Crippen LogP contribution in [0.2, 0.25) is 0 Å². The molecule has 8 nitrogen and oxygen atoms in total. The van der Waals surface area contributed by atoms with Crippen molar-refractivity contribution in [3.8, 4) is 17.2 Å². The van der Waals surface area contributed by atoms with Crippen molar-refractivity contribution in [1.82, 2.24) is 10.3 Å². The Morgan fingerprint density at radius 3 is 2.10 bits per heavy atom. The van der Waals surface area contributed by atoms with Gasteiger partial charge in [-0.05, 0) is 61.1 Å². The second kappa shape index (κ2) is 8.71. The summed E-state index contributed by atoms with van der Waals surface area (Å²) in [5.41, 5.74) is 4.59. The van der Waals surface area contributed by atoms with Gasteiger partial charge in [0.25, 0.3) is 15.9 Å². The number of fused-ring (bicyclic) bond motifs is 1. The number of hydrazine groups is 1. The van der Waals surface area contributed by atoms with Crippen LogP contribution in [-0.4, -0.2) is 35.7 Å². The zero-order chi connectivity index (χ0) is 21.0. The molecule has 3 rings (SSSR count). The molecule has 9 heteroatoms. The van der Waals surface area contributed by atoms with Crippen LogP contribution in [0.15, 0.2) is 35.2 Å². The molecule has 0 atom stereocenters. The lowest BCUT2D eigenvalue weighted by Crippen LogP contribution is -2.41. The predicted molar refractivity (Wildman–Crippen MR) is 107 cm³/mol. The molecule has 0 spiro atoms. The van der Waals surface area contributed by atoms with Gasteiger partial charge in [0.2, 0.25) is 5.75 Å². The van der Waals surface area contributed by atoms with Crippen LogP contribution in [-0.2, 0) is 22.9 Å². The SMILES string of the molecule is COc1cc(C(=O)NNS(=O)(=O)c2ccc3c(c2)CCCC3)cc(OC)c1OC. The van der Waals surface area contributed by atoms with E-state index < -0.39 is 15.9 Å². The molecule has 0 bridgehead atoms. The minimum atomic E-state index is -3.91. The molecule has 1 aliphatic rings. The molecule has 2 N–H and O–H groups in total. The summed E-state index contributed by atoms with van der Waals surface area (Å²) in [6.45, 7) is 0. The Morgan fingerprint density at radius 2 is 1.52 bits per heavy atom. The second-order valence-electron chi connectivity index (χ2n) is 6.61. The topological polar surface area (TPSA) is 103 Å². The molecular weight excluding hydrogens is 396 g/mol. The van der Waals surface area contributed by atoms with Crippen LogP contribution in [0.1, 0.15) is 34.3 Å². The van der Waals surface area contributed by atoms with E-state index in [9.17, 15) is 13.2 Å². The molecule has 156 valence electrons. The third-order valence-corrected chi connectivity index (χ3v) is 6.10. The molecule has 1 amide bonds. The number of hydrogen-bond acceptors (Lipinski definition) is 6. The van der Waals surface area contributed by atoms with E-state index in [0.29, 0.717) is 5.75 Å². The van der Waals surface area contributed by atoms with Gasteiger partial charge in [-0.1, -0.05) is 6.07 Å². The largest absolute Gasteiger partial charge is 0.493 e. The first-order valence-electron chi connectivity index (χ1n) is 9.13. The number of methoxy groups -OCH3 is 3. The average molecular weight is 420 g/mol. The molecular formula is C20H24N2O6S. The lowest BCUT2D eigenvalue weighted by Gasteiger charge is -2.17. The maximum Gasteiger partial charge on any atom is 0.266 e. The first-order chi connectivity index (χ1) is 13.9. The van der Waals surface area contributed by atoms with E-state index in [0.717, 1.165) is 31.2 Å². The molecule has 0 radical (unpaired) electrons. The summed E-state index contributed by atoms with van der Waals surface area (Å²) in [4.78, 5) is 14.8. The number of sulfonamides is 1. The lowest BCUT2D eigenvalue weighted by molar-refractivity contribution is 0.0944. The molecule has 0 unspecified atom stereocenters. The monoisotopic (exact) mass is 420 g/mol. The van der Waals surface area contributed by atoms with Gasteiger partial charge in [-0.2, -0.15) is 0 Å². The number of benzene rings is 2. The van der Waals surface area contributed by atoms with Crippen molar-refractivity contribution in [3.63, 3.8) is 0 Å². The quantitative estimate of drug-likeness (QED) is 0.666. The van der Waals surface area contributed by atoms with Gasteiger partial charge in [-0.15, -0.1) is 4.83 Å². The van der Waals surface area contributed by atoms with Crippen molar-refractivity contribution in [2.75, 3.05) is 21.3 Å². The van der Waals surface area contributed by atoms with Crippen LogP contribution in [0.3, 0.4) is 0 Å². The summed E-state index contributed by atoms with van der Waals surface area (Å²) >= 11 is 0. The van der Waals surface area contributed by atoms with Crippen LogP contribution in [0, 0.1) is 0 Å². The Morgan fingerprint density at radius 1 is 0.897 bits per heavy atom. The molecule has 0 aliphatic heterocycles. The van der Waals surface area contributed by atoms with Crippen molar-refractivity contribution in [3.05, 3.63) is 47.0 Å². The molecule has 0 fully saturated rings. The fourth-order valence-corrected chi connectivity index (χ4v) is 4.22. The summed E-state index contributed by atoms with van der Waals surface area (Å²) in [5, 5.41) is 0. The van der Waals surface area contributed by atoms with E-state index in [1.807, 2.05) is 6.07 Å². The predicted octanol–water partition coefficient (Wildman–Crippen LogP) is 2.21. The first-order valence-corrected chi connectivity index (χ1v) is 10.6. The highest BCUT2D eigenvalue weighted by atomic mass is 32.2. The van der Waals surface area contributed by atoms with Crippen molar-refractivity contribution in [2.24, 2.45) is 0 Å². The van der Waals surface area contributed by atoms with Crippen molar-refractivity contribution in [1.29, 1.82) is 0 Å². The van der Waals surface area contributed by atoms with Gasteiger partial charge in [-0.3, -0.25) is 10.2 Å². The summed E-state index contributed by atoms with van der Waals surface area (Å²) in [5.74, 6) is 0.246. The molecule has 0 heterocycles. The Bertz CT molecular complexity index is 995. The summed E-state index contributed by atoms with van der Waals surface area (Å²) in [7, 11) is 0.398. The molecule has 2 aromatic rings. The number of rotatable bonds is 7. The van der Waals surface area contributed by atoms with Gasteiger partial charge in [0.15, 0.2) is 11.5 Å². The zero-order valence-electron chi connectivity index (χ0n) is 16.6. The standard InChI is InChI=1S/C20H24N2O6S/c1-26-17-11-15(12-18(27-2)19(17)28-3)20(23)21-22-29(24,25)16-9-8-13-6-4-5-7-14(13)10-16/h8-12,22H,4-7H2,1-3H3,(H,21,23). The first kappa shape index (κ1) is 20.9. The van der Waals surface area contributed by atoms with Crippen LogP contribution in [0.4, 0.5) is 0 Å². The minimum absolute atomic E-state index is 0.114. The van der Waals surface area contributed by atoms with Gasteiger partial charge in [-0.25, -0.2) is 8.42 Å². The van der Waals surface area contributed by atoms with E-state index in [1.165, 1.54) is 39.0 Å². The van der Waals surface area contributed by atoms with E-state index in [-0.39, 0.29) is 22.0 Å². The number of carbonyl (C=O) groups excluding carboxylic acids is 1.